The molecule has 1 aromatic heterocycles. The monoisotopic (exact) mass is 359 g/mol. The average Bonchev–Trinajstić information content (AvgIpc) is 3.15. The van der Waals surface area contributed by atoms with Crippen molar-refractivity contribution in [1.82, 2.24) is 4.90 Å². The van der Waals surface area contributed by atoms with Crippen molar-refractivity contribution in [2.45, 2.75) is 25.8 Å². The van der Waals surface area contributed by atoms with E-state index in [0.29, 0.717) is 17.1 Å². The van der Waals surface area contributed by atoms with E-state index in [1.54, 1.807) is 0 Å². The highest BCUT2D eigenvalue weighted by Crippen LogP contribution is 2.38. The number of aryl methyl sites for hydroxylation is 1. The van der Waals surface area contributed by atoms with Crippen LogP contribution in [0.25, 0.3) is 0 Å². The molecule has 132 valence electrons. The number of nitrogens with one attached hydrogen (secondary N) is 1. The van der Waals surface area contributed by atoms with E-state index < -0.39 is 5.91 Å². The Morgan fingerprint density at radius 2 is 2.00 bits per heavy atom. The summed E-state index contributed by atoms with van der Waals surface area (Å²) >= 11 is 1.43. The number of aliphatic hydroxyl groups is 1. The van der Waals surface area contributed by atoms with Gasteiger partial charge in [0.05, 0.1) is 12.2 Å². The lowest BCUT2D eigenvalue weighted by Crippen LogP contribution is -2.36. The van der Waals surface area contributed by atoms with Gasteiger partial charge in [-0.25, -0.2) is 4.79 Å². The number of anilines is 1. The lowest BCUT2D eigenvalue weighted by atomic mass is 10.1. The smallest absolute Gasteiger partial charge is 0.322 e. The van der Waals surface area contributed by atoms with E-state index in [9.17, 15) is 14.7 Å². The molecule has 25 heavy (non-hydrogen) atoms. The Balaban J connectivity index is 1.79. The second-order valence-electron chi connectivity index (χ2n) is 5.99. The van der Waals surface area contributed by atoms with Crippen LogP contribution in [-0.2, 0) is 19.4 Å². The van der Waals surface area contributed by atoms with Crippen molar-refractivity contribution in [2.24, 2.45) is 5.73 Å². The number of carbonyl (C=O) groups is 2. The second-order valence-corrected chi connectivity index (χ2v) is 7.09. The number of carbonyl (C=O) groups excluding carboxylic acids is 2. The summed E-state index contributed by atoms with van der Waals surface area (Å²) < 4.78 is 0. The number of hydrogen-bond donors (Lipinski definition) is 3. The Morgan fingerprint density at radius 1 is 1.24 bits per heavy atom. The topological polar surface area (TPSA) is 95.7 Å². The van der Waals surface area contributed by atoms with Crippen LogP contribution in [0.2, 0.25) is 0 Å². The molecule has 4 N–H and O–H groups in total. The van der Waals surface area contributed by atoms with E-state index in [4.69, 9.17) is 5.73 Å². The molecule has 0 aliphatic heterocycles. The van der Waals surface area contributed by atoms with Gasteiger partial charge in [-0.1, -0.05) is 30.3 Å². The van der Waals surface area contributed by atoms with Gasteiger partial charge in [0.1, 0.15) is 5.00 Å². The quantitative estimate of drug-likeness (QED) is 0.739. The van der Waals surface area contributed by atoms with Crippen molar-refractivity contribution in [3.05, 3.63) is 51.9 Å². The zero-order chi connectivity index (χ0) is 17.8. The summed E-state index contributed by atoms with van der Waals surface area (Å²) in [6.07, 6.45) is 2.76. The summed E-state index contributed by atoms with van der Waals surface area (Å²) in [4.78, 5) is 27.1. The Bertz CT molecular complexity index is 773. The van der Waals surface area contributed by atoms with Gasteiger partial charge in [0.25, 0.3) is 5.91 Å². The molecule has 3 rings (SSSR count). The van der Waals surface area contributed by atoms with E-state index in [-0.39, 0.29) is 19.2 Å². The number of hydrogen-bond acceptors (Lipinski definition) is 4. The fraction of sp³-hybridized carbons (Fsp3) is 0.333. The summed E-state index contributed by atoms with van der Waals surface area (Å²) in [5, 5.41) is 12.6. The van der Waals surface area contributed by atoms with Crippen LogP contribution in [0.1, 0.15) is 32.8 Å². The molecule has 0 unspecified atom stereocenters. The summed E-state index contributed by atoms with van der Waals surface area (Å²) in [6, 6.07) is 9.21. The van der Waals surface area contributed by atoms with Gasteiger partial charge in [-0.3, -0.25) is 10.1 Å². The predicted octanol–water partition coefficient (Wildman–Crippen LogP) is 2.36. The molecule has 1 aromatic carbocycles. The van der Waals surface area contributed by atoms with Crippen LogP contribution in [0.4, 0.5) is 9.80 Å². The van der Waals surface area contributed by atoms with Crippen LogP contribution in [0.3, 0.4) is 0 Å². The third-order valence-electron chi connectivity index (χ3n) is 4.26. The molecule has 7 heteroatoms. The predicted molar refractivity (Wildman–Crippen MR) is 97.8 cm³/mol. The number of amides is 3. The number of thiophene rings is 1. The van der Waals surface area contributed by atoms with Gasteiger partial charge in [-0.05, 0) is 30.4 Å². The standard InChI is InChI=1S/C18H21N3O3S/c19-16(23)15-13-7-4-8-14(13)25-17(15)20-18(24)21(9-10-22)11-12-5-2-1-3-6-12/h1-3,5-6,22H,4,7-11H2,(H2,19,23)(H,20,24). The van der Waals surface area contributed by atoms with Crippen LogP contribution in [-0.4, -0.2) is 35.1 Å². The highest BCUT2D eigenvalue weighted by molar-refractivity contribution is 7.17. The van der Waals surface area contributed by atoms with Crippen molar-refractivity contribution in [3.8, 4) is 0 Å². The first-order chi connectivity index (χ1) is 12.1. The number of nitrogens with zero attached hydrogens (tertiary/aromatic N) is 1. The Kier molecular flexibility index (Phi) is 5.35. The fourth-order valence-corrected chi connectivity index (χ4v) is 4.39. The van der Waals surface area contributed by atoms with Crippen LogP contribution >= 0.6 is 11.3 Å². The molecule has 0 atom stereocenters. The van der Waals surface area contributed by atoms with Crippen molar-refractivity contribution in [2.75, 3.05) is 18.5 Å². The zero-order valence-electron chi connectivity index (χ0n) is 13.8. The second kappa shape index (κ2) is 7.67. The third kappa shape index (κ3) is 3.83. The first-order valence-corrected chi connectivity index (χ1v) is 9.07. The van der Waals surface area contributed by atoms with Crippen molar-refractivity contribution in [3.63, 3.8) is 0 Å². The highest BCUT2D eigenvalue weighted by atomic mass is 32.1. The summed E-state index contributed by atoms with van der Waals surface area (Å²) in [7, 11) is 0. The molecule has 2 aromatic rings. The van der Waals surface area contributed by atoms with Crippen molar-refractivity contribution in [1.29, 1.82) is 0 Å². The first kappa shape index (κ1) is 17.4. The molecular formula is C18H21N3O3S. The number of benzene rings is 1. The van der Waals surface area contributed by atoms with Gasteiger partial charge in [-0.2, -0.15) is 0 Å². The molecule has 0 saturated carbocycles. The first-order valence-electron chi connectivity index (χ1n) is 8.25. The molecule has 3 amide bonds. The molecule has 0 fully saturated rings. The Hall–Kier alpha value is -2.38. The number of aliphatic hydroxyl groups excluding tert-OH is 1. The number of urea groups is 1. The Labute approximate surface area is 150 Å². The molecule has 1 aliphatic rings. The molecule has 0 saturated heterocycles. The molecule has 1 heterocycles. The number of fused-ring (bicyclic) bond motifs is 1. The molecule has 1 aliphatic carbocycles. The summed E-state index contributed by atoms with van der Waals surface area (Å²) in [5.74, 6) is -0.508. The van der Waals surface area contributed by atoms with Crippen LogP contribution in [0, 0.1) is 0 Å². The SMILES string of the molecule is NC(=O)c1c(NC(=O)N(CCO)Cc2ccccc2)sc2c1CCC2. The maximum absolute atomic E-state index is 12.7. The maximum atomic E-state index is 12.7. The van der Waals surface area contributed by atoms with Gasteiger partial charge in [0.15, 0.2) is 0 Å². The molecule has 0 spiro atoms. The summed E-state index contributed by atoms with van der Waals surface area (Å²) in [5.41, 5.74) is 7.91. The van der Waals surface area contributed by atoms with Crippen LogP contribution in [0.15, 0.2) is 30.3 Å². The van der Waals surface area contributed by atoms with Gasteiger partial charge in [0, 0.05) is 18.0 Å². The molecule has 0 radical (unpaired) electrons. The van der Waals surface area contributed by atoms with E-state index in [1.807, 2.05) is 30.3 Å². The molecule has 0 bridgehead atoms. The third-order valence-corrected chi connectivity index (χ3v) is 5.47. The van der Waals surface area contributed by atoms with Gasteiger partial charge >= 0.3 is 6.03 Å². The van der Waals surface area contributed by atoms with Gasteiger partial charge in [0.2, 0.25) is 0 Å². The number of nitrogens with two attached hydrogens (primary N) is 1. The van der Waals surface area contributed by atoms with E-state index in [2.05, 4.69) is 5.32 Å². The minimum absolute atomic E-state index is 0.135. The minimum atomic E-state index is -0.508. The van der Waals surface area contributed by atoms with Crippen molar-refractivity contribution >= 4 is 28.3 Å². The zero-order valence-corrected chi connectivity index (χ0v) is 14.6. The largest absolute Gasteiger partial charge is 0.395 e. The normalized spacial score (nSPS) is 12.7. The number of rotatable bonds is 6. The van der Waals surface area contributed by atoms with Crippen LogP contribution < -0.4 is 11.1 Å². The average molecular weight is 359 g/mol. The van der Waals surface area contributed by atoms with E-state index >= 15 is 0 Å². The van der Waals surface area contributed by atoms with E-state index in [1.165, 1.54) is 16.2 Å². The lowest BCUT2D eigenvalue weighted by Gasteiger charge is -2.22. The number of primary amides is 1. The van der Waals surface area contributed by atoms with Gasteiger partial charge in [-0.15, -0.1) is 11.3 Å². The Morgan fingerprint density at radius 3 is 2.68 bits per heavy atom. The van der Waals surface area contributed by atoms with Gasteiger partial charge < -0.3 is 15.7 Å². The molecular weight excluding hydrogens is 338 g/mol. The maximum Gasteiger partial charge on any atom is 0.322 e. The minimum Gasteiger partial charge on any atom is -0.395 e. The molecule has 6 nitrogen and oxygen atoms in total. The lowest BCUT2D eigenvalue weighted by molar-refractivity contribution is 0.100. The summed E-state index contributed by atoms with van der Waals surface area (Å²) in [6.45, 7) is 0.450. The fourth-order valence-electron chi connectivity index (χ4n) is 3.11. The van der Waals surface area contributed by atoms with Crippen molar-refractivity contribution < 1.29 is 14.7 Å². The highest BCUT2D eigenvalue weighted by Gasteiger charge is 2.27. The van der Waals surface area contributed by atoms with E-state index in [0.717, 1.165) is 35.3 Å². The van der Waals surface area contributed by atoms with Crippen LogP contribution in [0.5, 0.6) is 0 Å².